The number of thioether (sulfide) groups is 1. The molecule has 1 heterocycles. The van der Waals surface area contributed by atoms with Crippen LogP contribution in [0.1, 0.15) is 58.1 Å². The van der Waals surface area contributed by atoms with Gasteiger partial charge in [-0.25, -0.2) is 0 Å². The second-order valence-electron chi connectivity index (χ2n) is 11.3. The molecule has 0 aliphatic carbocycles. The number of hydrogen-bond donors (Lipinski definition) is 1. The third kappa shape index (κ3) is 5.81. The molecule has 2 atom stereocenters. The highest BCUT2D eigenvalue weighted by Gasteiger charge is 2.52. The zero-order valence-corrected chi connectivity index (χ0v) is 25.0. The molecule has 0 fully saturated rings. The van der Waals surface area contributed by atoms with Gasteiger partial charge in [-0.05, 0) is 60.8 Å². The summed E-state index contributed by atoms with van der Waals surface area (Å²) in [5, 5.41) is 12.5. The Balaban J connectivity index is 1.83. The molecule has 0 bridgehead atoms. The molecule has 4 nitrogen and oxygen atoms in total. The van der Waals surface area contributed by atoms with E-state index in [4.69, 9.17) is 13.9 Å². The Morgan fingerprint density at radius 2 is 1.64 bits per heavy atom. The predicted molar refractivity (Wildman–Crippen MR) is 153 cm³/mol. The molecule has 0 saturated carbocycles. The van der Waals surface area contributed by atoms with Gasteiger partial charge in [0.1, 0.15) is 11.5 Å². The third-order valence-electron chi connectivity index (χ3n) is 7.86. The fourth-order valence-electron chi connectivity index (χ4n) is 4.18. The van der Waals surface area contributed by atoms with E-state index in [0.29, 0.717) is 5.75 Å². The molecule has 0 saturated heterocycles. The van der Waals surface area contributed by atoms with Crippen LogP contribution >= 0.6 is 11.8 Å². The molecule has 36 heavy (non-hydrogen) atoms. The Kier molecular flexibility index (Phi) is 8.94. The maximum absolute atomic E-state index is 12.3. The van der Waals surface area contributed by atoms with Crippen molar-refractivity contribution in [2.45, 2.75) is 81.0 Å². The van der Waals surface area contributed by atoms with Gasteiger partial charge < -0.3 is 19.0 Å². The van der Waals surface area contributed by atoms with Gasteiger partial charge in [0.05, 0.1) is 14.2 Å². The second kappa shape index (κ2) is 11.2. The number of unbranched alkanes of at least 4 members (excludes halogenated alkanes) is 2. The number of ether oxygens (including phenoxy) is 2. The quantitative estimate of drug-likeness (QED) is 0.225. The number of methoxy groups -OCH3 is 2. The summed E-state index contributed by atoms with van der Waals surface area (Å²) in [6.45, 7) is 14.2. The summed E-state index contributed by atoms with van der Waals surface area (Å²) in [5.41, 5.74) is -0.0424. The van der Waals surface area contributed by atoms with Gasteiger partial charge in [0.15, 0.2) is 13.9 Å². The zero-order chi connectivity index (χ0) is 26.6. The fraction of sp³-hybridized carbons (Fsp3) is 0.533. The lowest BCUT2D eigenvalue weighted by Crippen LogP contribution is -2.50. The van der Waals surface area contributed by atoms with Crippen molar-refractivity contribution in [3.05, 3.63) is 53.6 Å². The van der Waals surface area contributed by atoms with Gasteiger partial charge in [0.2, 0.25) is 0 Å². The summed E-state index contributed by atoms with van der Waals surface area (Å²) >= 11 is 1.74. The smallest absolute Gasteiger partial charge is 0.191 e. The summed E-state index contributed by atoms with van der Waals surface area (Å²) in [6.07, 6.45) is 2.64. The molecule has 2 unspecified atom stereocenters. The van der Waals surface area contributed by atoms with Crippen molar-refractivity contribution in [2.24, 2.45) is 0 Å². The summed E-state index contributed by atoms with van der Waals surface area (Å²) in [7, 11) is 1.61. The molecule has 0 spiro atoms. The number of rotatable bonds is 8. The van der Waals surface area contributed by atoms with Gasteiger partial charge >= 0.3 is 0 Å². The molecule has 0 radical (unpaired) electrons. The maximum Gasteiger partial charge on any atom is 0.191 e. The van der Waals surface area contributed by atoms with Crippen LogP contribution in [0.15, 0.2) is 47.4 Å². The molecular weight excluding hydrogens is 484 g/mol. The van der Waals surface area contributed by atoms with E-state index in [1.165, 1.54) is 0 Å². The lowest BCUT2D eigenvalue weighted by Gasteiger charge is -2.46. The average molecular weight is 527 g/mol. The molecule has 1 aliphatic rings. The van der Waals surface area contributed by atoms with E-state index >= 15 is 0 Å². The Morgan fingerprint density at radius 3 is 2.25 bits per heavy atom. The van der Waals surface area contributed by atoms with Crippen molar-refractivity contribution >= 4 is 20.1 Å². The molecule has 196 valence electrons. The normalized spacial score (nSPS) is 21.8. The van der Waals surface area contributed by atoms with Crippen LogP contribution in [0.3, 0.4) is 0 Å². The highest BCUT2D eigenvalue weighted by Crippen LogP contribution is 2.53. The SMILES string of the molecule is COc1ccc(C2(C)CSc3cc(OC)ccc3C2(O)C#CCCCCO[Si](C)(C)C(C)(C)C)cc1. The molecule has 1 N–H and O–H groups in total. The van der Waals surface area contributed by atoms with Crippen LogP contribution in [0.2, 0.25) is 18.1 Å². The van der Waals surface area contributed by atoms with Crippen molar-refractivity contribution in [3.63, 3.8) is 0 Å². The van der Waals surface area contributed by atoms with Crippen LogP contribution in [0.4, 0.5) is 0 Å². The van der Waals surface area contributed by atoms with Crippen LogP contribution in [-0.4, -0.2) is 40.0 Å². The van der Waals surface area contributed by atoms with Crippen LogP contribution in [0.5, 0.6) is 11.5 Å². The standard InChI is InChI=1S/C30H42O4SSi/c1-28(2,3)36(7,8)34-20-12-10-9-11-19-30(31)26-18-17-25(33-6)21-27(26)35-22-29(30,4)23-13-15-24(32-5)16-14-23/h13-18,21,31H,9-10,12,20,22H2,1-8H3. The van der Waals surface area contributed by atoms with E-state index < -0.39 is 19.3 Å². The lowest BCUT2D eigenvalue weighted by atomic mass is 9.66. The first-order chi connectivity index (χ1) is 16.9. The number of benzene rings is 2. The van der Waals surface area contributed by atoms with Gasteiger partial charge in [0, 0.05) is 34.7 Å². The van der Waals surface area contributed by atoms with E-state index in [0.717, 1.165) is 53.4 Å². The highest BCUT2D eigenvalue weighted by atomic mass is 32.2. The molecule has 0 aromatic heterocycles. The average Bonchev–Trinajstić information content (AvgIpc) is 2.85. The predicted octanol–water partition coefficient (Wildman–Crippen LogP) is 7.15. The molecule has 6 heteroatoms. The molecular formula is C30H42O4SSi. The first kappa shape index (κ1) is 28.7. The molecule has 0 amide bonds. The summed E-state index contributed by atoms with van der Waals surface area (Å²) in [6, 6.07) is 13.8. The van der Waals surface area contributed by atoms with Crippen molar-refractivity contribution < 1.29 is 19.0 Å². The Hall–Kier alpha value is -1.91. The topological polar surface area (TPSA) is 47.9 Å². The largest absolute Gasteiger partial charge is 0.497 e. The van der Waals surface area contributed by atoms with Crippen molar-refractivity contribution in [3.8, 4) is 23.3 Å². The second-order valence-corrected chi connectivity index (χ2v) is 17.1. The van der Waals surface area contributed by atoms with Crippen LogP contribution in [0.25, 0.3) is 0 Å². The first-order valence-corrected chi connectivity index (χ1v) is 16.6. The molecule has 2 aromatic carbocycles. The minimum Gasteiger partial charge on any atom is -0.497 e. The van der Waals surface area contributed by atoms with Crippen LogP contribution in [0, 0.1) is 11.8 Å². The van der Waals surface area contributed by atoms with Crippen molar-refractivity contribution in [1.29, 1.82) is 0 Å². The first-order valence-electron chi connectivity index (χ1n) is 12.7. The van der Waals surface area contributed by atoms with Gasteiger partial charge in [-0.1, -0.05) is 57.7 Å². The van der Waals surface area contributed by atoms with E-state index in [2.05, 4.69) is 52.6 Å². The lowest BCUT2D eigenvalue weighted by molar-refractivity contribution is 0.0234. The van der Waals surface area contributed by atoms with E-state index in [1.54, 1.807) is 26.0 Å². The van der Waals surface area contributed by atoms with Gasteiger partial charge in [-0.3, -0.25) is 0 Å². The third-order valence-corrected chi connectivity index (χ3v) is 13.8. The van der Waals surface area contributed by atoms with Crippen molar-refractivity contribution in [2.75, 3.05) is 26.6 Å². The highest BCUT2D eigenvalue weighted by molar-refractivity contribution is 7.99. The Bertz CT molecular complexity index is 1100. The minimum atomic E-state index is -1.72. The van der Waals surface area contributed by atoms with E-state index in [9.17, 15) is 5.11 Å². The Morgan fingerprint density at radius 1 is 1.00 bits per heavy atom. The number of fused-ring (bicyclic) bond motifs is 1. The zero-order valence-electron chi connectivity index (χ0n) is 23.2. The van der Waals surface area contributed by atoms with E-state index in [1.807, 2.05) is 42.5 Å². The van der Waals surface area contributed by atoms with Gasteiger partial charge in [0.25, 0.3) is 0 Å². The summed E-state index contributed by atoms with van der Waals surface area (Å²) in [5.74, 6) is 8.94. The number of aliphatic hydroxyl groups is 1. The van der Waals surface area contributed by atoms with Gasteiger partial charge in [-0.15, -0.1) is 11.8 Å². The van der Waals surface area contributed by atoms with Crippen LogP contribution in [-0.2, 0) is 15.4 Å². The fourth-order valence-corrected chi connectivity index (χ4v) is 6.66. The number of hydrogen-bond acceptors (Lipinski definition) is 5. The van der Waals surface area contributed by atoms with Gasteiger partial charge in [-0.2, -0.15) is 0 Å². The molecule has 2 aromatic rings. The Labute approximate surface area is 223 Å². The molecule has 3 rings (SSSR count). The minimum absolute atomic E-state index is 0.219. The molecule has 1 aliphatic heterocycles. The van der Waals surface area contributed by atoms with E-state index in [-0.39, 0.29) is 5.04 Å². The van der Waals surface area contributed by atoms with Crippen LogP contribution < -0.4 is 9.47 Å². The summed E-state index contributed by atoms with van der Waals surface area (Å²) < 4.78 is 17.1. The van der Waals surface area contributed by atoms with Crippen molar-refractivity contribution in [1.82, 2.24) is 0 Å². The monoisotopic (exact) mass is 526 g/mol. The maximum atomic E-state index is 12.3. The summed E-state index contributed by atoms with van der Waals surface area (Å²) in [4.78, 5) is 1.01.